The Balaban J connectivity index is 1.32. The molecule has 144 valence electrons. The summed E-state index contributed by atoms with van der Waals surface area (Å²) in [7, 11) is 0. The lowest BCUT2D eigenvalue weighted by atomic mass is 10.1. The average molecular weight is 380 g/mol. The fourth-order valence-corrected chi connectivity index (χ4v) is 3.00. The molecule has 1 aliphatic heterocycles. The minimum atomic E-state index is -0.211. The van der Waals surface area contributed by atoms with Gasteiger partial charge in [-0.2, -0.15) is 0 Å². The number of nitrogens with zero attached hydrogens (tertiary/aromatic N) is 1. The molecule has 1 aliphatic rings. The standard InChI is InChI=1S/C21H20N2O5/c1-13-4-3-5-14(2)21(13)22-20(24)11-25-10-16-9-18(28-23-16)15-6-7-17-19(8-15)27-12-26-17/h3-9H,10-12H2,1-2H3,(H,22,24). The number of carbonyl (C=O) groups excluding carboxylic acids is 1. The molecular formula is C21H20N2O5. The summed E-state index contributed by atoms with van der Waals surface area (Å²) in [6.07, 6.45) is 0. The fraction of sp³-hybridized carbons (Fsp3) is 0.238. The van der Waals surface area contributed by atoms with Crippen LogP contribution in [0.3, 0.4) is 0 Å². The second-order valence-corrected chi connectivity index (χ2v) is 6.56. The summed E-state index contributed by atoms with van der Waals surface area (Å²) in [5, 5.41) is 6.88. The number of hydrogen-bond acceptors (Lipinski definition) is 6. The van der Waals surface area contributed by atoms with Crippen molar-refractivity contribution in [2.75, 3.05) is 18.7 Å². The maximum absolute atomic E-state index is 12.1. The summed E-state index contributed by atoms with van der Waals surface area (Å²) in [5.74, 6) is 1.77. The monoisotopic (exact) mass is 380 g/mol. The first-order valence-corrected chi connectivity index (χ1v) is 8.89. The van der Waals surface area contributed by atoms with E-state index in [0.29, 0.717) is 23.0 Å². The predicted molar refractivity (Wildman–Crippen MR) is 102 cm³/mol. The van der Waals surface area contributed by atoms with Gasteiger partial charge < -0.3 is 24.1 Å². The van der Waals surface area contributed by atoms with E-state index in [2.05, 4.69) is 10.5 Å². The van der Waals surface area contributed by atoms with Crippen molar-refractivity contribution in [1.29, 1.82) is 0 Å². The van der Waals surface area contributed by atoms with Gasteiger partial charge in [-0.3, -0.25) is 4.79 Å². The Morgan fingerprint density at radius 2 is 1.89 bits per heavy atom. The molecule has 7 heteroatoms. The minimum absolute atomic E-state index is 0.0695. The summed E-state index contributed by atoms with van der Waals surface area (Å²) in [5.41, 5.74) is 4.28. The van der Waals surface area contributed by atoms with Crippen molar-refractivity contribution in [3.63, 3.8) is 0 Å². The van der Waals surface area contributed by atoms with Crippen LogP contribution in [0.4, 0.5) is 5.69 Å². The Hall–Kier alpha value is -3.32. The van der Waals surface area contributed by atoms with Crippen LogP contribution in [0.1, 0.15) is 16.8 Å². The van der Waals surface area contributed by atoms with Crippen LogP contribution in [0.2, 0.25) is 0 Å². The zero-order valence-electron chi connectivity index (χ0n) is 15.7. The van der Waals surface area contributed by atoms with Gasteiger partial charge in [-0.1, -0.05) is 23.4 Å². The number of carbonyl (C=O) groups is 1. The number of aryl methyl sites for hydroxylation is 2. The van der Waals surface area contributed by atoms with Crippen molar-refractivity contribution in [1.82, 2.24) is 5.16 Å². The van der Waals surface area contributed by atoms with Gasteiger partial charge >= 0.3 is 0 Å². The van der Waals surface area contributed by atoms with E-state index in [1.165, 1.54) is 0 Å². The lowest BCUT2D eigenvalue weighted by molar-refractivity contribution is -0.121. The number of fused-ring (bicyclic) bond motifs is 1. The van der Waals surface area contributed by atoms with Crippen molar-refractivity contribution in [2.24, 2.45) is 0 Å². The normalized spacial score (nSPS) is 12.2. The van der Waals surface area contributed by atoms with Crippen molar-refractivity contribution in [2.45, 2.75) is 20.5 Å². The molecule has 0 fully saturated rings. The molecule has 2 aromatic carbocycles. The predicted octanol–water partition coefficient (Wildman–Crippen LogP) is 3.84. The summed E-state index contributed by atoms with van der Waals surface area (Å²) in [6.45, 7) is 4.24. The zero-order chi connectivity index (χ0) is 19.5. The van der Waals surface area contributed by atoms with Crippen LogP contribution >= 0.6 is 0 Å². The molecule has 1 amide bonds. The van der Waals surface area contributed by atoms with E-state index in [-0.39, 0.29) is 25.9 Å². The molecule has 3 aromatic rings. The number of aromatic nitrogens is 1. The number of benzene rings is 2. The third-order valence-corrected chi connectivity index (χ3v) is 4.44. The number of amides is 1. The smallest absolute Gasteiger partial charge is 0.250 e. The van der Waals surface area contributed by atoms with E-state index in [0.717, 1.165) is 22.4 Å². The molecule has 0 bridgehead atoms. The van der Waals surface area contributed by atoms with Crippen molar-refractivity contribution < 1.29 is 23.5 Å². The maximum Gasteiger partial charge on any atom is 0.250 e. The molecule has 1 aromatic heterocycles. The van der Waals surface area contributed by atoms with Gasteiger partial charge in [0.1, 0.15) is 12.3 Å². The van der Waals surface area contributed by atoms with Crippen LogP contribution in [0, 0.1) is 13.8 Å². The zero-order valence-corrected chi connectivity index (χ0v) is 15.7. The van der Waals surface area contributed by atoms with E-state index in [9.17, 15) is 4.79 Å². The largest absolute Gasteiger partial charge is 0.454 e. The van der Waals surface area contributed by atoms with Gasteiger partial charge in [-0.25, -0.2) is 0 Å². The lowest BCUT2D eigenvalue weighted by Gasteiger charge is -2.11. The first-order chi connectivity index (χ1) is 13.6. The molecule has 1 N–H and O–H groups in total. The number of anilines is 1. The van der Waals surface area contributed by atoms with Crippen LogP contribution in [0.25, 0.3) is 11.3 Å². The van der Waals surface area contributed by atoms with E-state index in [1.54, 1.807) is 6.07 Å². The lowest BCUT2D eigenvalue weighted by Crippen LogP contribution is -2.19. The highest BCUT2D eigenvalue weighted by molar-refractivity contribution is 5.93. The van der Waals surface area contributed by atoms with Crippen LogP contribution in [0.5, 0.6) is 11.5 Å². The van der Waals surface area contributed by atoms with E-state index in [1.807, 2.05) is 50.2 Å². The maximum atomic E-state index is 12.1. The summed E-state index contributed by atoms with van der Waals surface area (Å²) >= 11 is 0. The Morgan fingerprint density at radius 3 is 2.71 bits per heavy atom. The van der Waals surface area contributed by atoms with Crippen LogP contribution in [-0.4, -0.2) is 24.5 Å². The van der Waals surface area contributed by atoms with Crippen molar-refractivity contribution >= 4 is 11.6 Å². The highest BCUT2D eigenvalue weighted by Gasteiger charge is 2.16. The SMILES string of the molecule is Cc1cccc(C)c1NC(=O)COCc1cc(-c2ccc3c(c2)OCO3)on1. The Labute approximate surface area is 162 Å². The van der Waals surface area contributed by atoms with E-state index in [4.69, 9.17) is 18.7 Å². The van der Waals surface area contributed by atoms with Crippen molar-refractivity contribution in [3.05, 3.63) is 59.3 Å². The van der Waals surface area contributed by atoms with Gasteiger partial charge in [0.25, 0.3) is 0 Å². The van der Waals surface area contributed by atoms with Gasteiger partial charge in [0.15, 0.2) is 17.3 Å². The highest BCUT2D eigenvalue weighted by atomic mass is 16.7. The number of para-hydroxylation sites is 1. The van der Waals surface area contributed by atoms with Crippen LogP contribution in [-0.2, 0) is 16.1 Å². The molecule has 0 saturated carbocycles. The number of rotatable bonds is 6. The van der Waals surface area contributed by atoms with Crippen LogP contribution in [0.15, 0.2) is 47.0 Å². The summed E-state index contributed by atoms with van der Waals surface area (Å²) in [4.78, 5) is 12.1. The highest BCUT2D eigenvalue weighted by Crippen LogP contribution is 2.36. The van der Waals surface area contributed by atoms with Gasteiger partial charge in [0, 0.05) is 17.3 Å². The third-order valence-electron chi connectivity index (χ3n) is 4.44. The van der Waals surface area contributed by atoms with E-state index < -0.39 is 0 Å². The minimum Gasteiger partial charge on any atom is -0.454 e. The van der Waals surface area contributed by atoms with Gasteiger partial charge in [0.05, 0.1) is 6.61 Å². The van der Waals surface area contributed by atoms with Crippen LogP contribution < -0.4 is 14.8 Å². The molecular weight excluding hydrogens is 360 g/mol. The topological polar surface area (TPSA) is 82.8 Å². The molecule has 0 aliphatic carbocycles. The van der Waals surface area contributed by atoms with Gasteiger partial charge in [-0.15, -0.1) is 0 Å². The number of hydrogen-bond donors (Lipinski definition) is 1. The van der Waals surface area contributed by atoms with Gasteiger partial charge in [0.2, 0.25) is 12.7 Å². The quantitative estimate of drug-likeness (QED) is 0.700. The van der Waals surface area contributed by atoms with Gasteiger partial charge in [-0.05, 0) is 43.2 Å². The summed E-state index contributed by atoms with van der Waals surface area (Å²) < 4.78 is 21.5. The second kappa shape index (κ2) is 7.74. The third kappa shape index (κ3) is 3.84. The Kier molecular flexibility index (Phi) is 4.99. The molecule has 7 nitrogen and oxygen atoms in total. The average Bonchev–Trinajstić information content (AvgIpc) is 3.33. The number of nitrogens with one attached hydrogen (secondary N) is 1. The molecule has 0 saturated heterocycles. The molecule has 28 heavy (non-hydrogen) atoms. The molecule has 0 spiro atoms. The Morgan fingerprint density at radius 1 is 1.11 bits per heavy atom. The Bertz CT molecular complexity index is 992. The second-order valence-electron chi connectivity index (χ2n) is 6.56. The summed E-state index contributed by atoms with van der Waals surface area (Å²) in [6, 6.07) is 13.2. The molecule has 2 heterocycles. The first kappa shape index (κ1) is 18.1. The first-order valence-electron chi connectivity index (χ1n) is 8.89. The van der Waals surface area contributed by atoms with E-state index >= 15 is 0 Å². The molecule has 4 rings (SSSR count). The number of ether oxygens (including phenoxy) is 3. The molecule has 0 radical (unpaired) electrons. The van der Waals surface area contributed by atoms with Crippen molar-refractivity contribution in [3.8, 4) is 22.8 Å². The fourth-order valence-electron chi connectivity index (χ4n) is 3.00. The molecule has 0 unspecified atom stereocenters. The molecule has 0 atom stereocenters.